The van der Waals surface area contributed by atoms with Crippen LogP contribution in [0.4, 0.5) is 0 Å². The van der Waals surface area contributed by atoms with E-state index in [1.54, 1.807) is 0 Å². The lowest BCUT2D eigenvalue weighted by atomic mass is 9.94. The zero-order valence-electron chi connectivity index (χ0n) is 19.8. The Morgan fingerprint density at radius 2 is 2.00 bits per heavy atom. The maximum absolute atomic E-state index is 13.3. The standard InChI is InChI=1S/C25H35N7O/c1-3-31(4-2)25(24-27-28-29-32(24)20-9-5-6-10-20)15-16-30(18-25)23(33)14-13-19-17-26-22-12-8-7-11-21(19)22/h7-8,11-12,17,20,26H,3-6,9-10,13-16,18H2,1-2H3. The number of likely N-dealkylation sites (tertiary alicyclic amines) is 1. The summed E-state index contributed by atoms with van der Waals surface area (Å²) in [5, 5.41) is 14.3. The number of hydrogen-bond acceptors (Lipinski definition) is 5. The largest absolute Gasteiger partial charge is 0.361 e. The summed E-state index contributed by atoms with van der Waals surface area (Å²) in [5.74, 6) is 1.17. The van der Waals surface area contributed by atoms with Crippen LogP contribution in [0.3, 0.4) is 0 Å². The lowest BCUT2D eigenvalue weighted by molar-refractivity contribution is -0.130. The number of H-pyrrole nitrogens is 1. The fraction of sp³-hybridized carbons (Fsp3) is 0.600. The van der Waals surface area contributed by atoms with E-state index in [1.807, 2.05) is 17.2 Å². The second-order valence-corrected chi connectivity index (χ2v) is 9.51. The van der Waals surface area contributed by atoms with Gasteiger partial charge in [-0.05, 0) is 60.8 Å². The van der Waals surface area contributed by atoms with Gasteiger partial charge < -0.3 is 9.88 Å². The van der Waals surface area contributed by atoms with Gasteiger partial charge in [0.05, 0.1) is 6.04 Å². The fourth-order valence-electron chi connectivity index (χ4n) is 6.05. The normalized spacial score (nSPS) is 21.6. The molecule has 8 nitrogen and oxygen atoms in total. The number of tetrazole rings is 1. The van der Waals surface area contributed by atoms with Gasteiger partial charge in [0.15, 0.2) is 5.82 Å². The zero-order chi connectivity index (χ0) is 22.8. The van der Waals surface area contributed by atoms with Crippen LogP contribution in [0.25, 0.3) is 10.9 Å². The SMILES string of the molecule is CCN(CC)C1(c2nnnn2C2CCCC2)CCN(C(=O)CCc2c[nH]c3ccccc23)C1. The second kappa shape index (κ2) is 9.25. The van der Waals surface area contributed by atoms with E-state index in [0.717, 1.165) is 56.7 Å². The van der Waals surface area contributed by atoms with Crippen molar-refractivity contribution in [1.29, 1.82) is 0 Å². The highest BCUT2D eigenvalue weighted by molar-refractivity contribution is 5.84. The van der Waals surface area contributed by atoms with E-state index in [0.29, 0.717) is 19.0 Å². The summed E-state index contributed by atoms with van der Waals surface area (Å²) in [4.78, 5) is 21.1. The molecule has 1 N–H and O–H groups in total. The van der Waals surface area contributed by atoms with Crippen molar-refractivity contribution in [3.8, 4) is 0 Å². The molecule has 0 radical (unpaired) electrons. The number of aryl methyl sites for hydroxylation is 1. The third kappa shape index (κ3) is 3.94. The smallest absolute Gasteiger partial charge is 0.222 e. The van der Waals surface area contributed by atoms with Gasteiger partial charge >= 0.3 is 0 Å². The third-order valence-electron chi connectivity index (χ3n) is 7.83. The summed E-state index contributed by atoms with van der Waals surface area (Å²) >= 11 is 0. The average Bonchev–Trinajstić information content (AvgIpc) is 3.64. The summed E-state index contributed by atoms with van der Waals surface area (Å²) < 4.78 is 2.09. The molecule has 2 fully saturated rings. The molecule has 2 aromatic heterocycles. The molecule has 1 aliphatic heterocycles. The molecule has 5 rings (SSSR count). The molecule has 3 heterocycles. The van der Waals surface area contributed by atoms with Crippen molar-refractivity contribution in [2.75, 3.05) is 26.2 Å². The van der Waals surface area contributed by atoms with Crippen LogP contribution in [-0.4, -0.2) is 67.1 Å². The predicted octanol–water partition coefficient (Wildman–Crippen LogP) is 3.67. The fourth-order valence-corrected chi connectivity index (χ4v) is 6.05. The van der Waals surface area contributed by atoms with Gasteiger partial charge in [0.25, 0.3) is 0 Å². The Morgan fingerprint density at radius 3 is 2.79 bits per heavy atom. The molecule has 33 heavy (non-hydrogen) atoms. The molecule has 0 spiro atoms. The van der Waals surface area contributed by atoms with Crippen LogP contribution in [-0.2, 0) is 16.8 Å². The van der Waals surface area contributed by atoms with Crippen LogP contribution in [0, 0.1) is 0 Å². The van der Waals surface area contributed by atoms with Crippen molar-refractivity contribution in [2.45, 2.75) is 70.4 Å². The number of benzene rings is 1. The summed E-state index contributed by atoms with van der Waals surface area (Å²) in [6.45, 7) is 7.61. The van der Waals surface area contributed by atoms with E-state index in [9.17, 15) is 4.79 Å². The number of carbonyl (C=O) groups is 1. The number of aromatic nitrogens is 5. The Hall–Kier alpha value is -2.74. The Kier molecular flexibility index (Phi) is 6.19. The molecular weight excluding hydrogens is 414 g/mol. The molecule has 1 saturated carbocycles. The lowest BCUT2D eigenvalue weighted by Crippen LogP contribution is -2.50. The van der Waals surface area contributed by atoms with Crippen LogP contribution < -0.4 is 0 Å². The first-order chi connectivity index (χ1) is 16.2. The van der Waals surface area contributed by atoms with Gasteiger partial charge in [-0.15, -0.1) is 5.10 Å². The molecule has 1 amide bonds. The van der Waals surface area contributed by atoms with Gasteiger partial charge in [-0.3, -0.25) is 9.69 Å². The first-order valence-corrected chi connectivity index (χ1v) is 12.5. The summed E-state index contributed by atoms with van der Waals surface area (Å²) in [6.07, 6.45) is 8.93. The molecule has 3 aromatic rings. The van der Waals surface area contributed by atoms with Crippen LogP contribution >= 0.6 is 0 Å². The first-order valence-electron chi connectivity index (χ1n) is 12.5. The number of nitrogens with one attached hydrogen (secondary N) is 1. The van der Waals surface area contributed by atoms with Gasteiger partial charge in [-0.25, -0.2) is 4.68 Å². The molecule has 2 aliphatic rings. The maximum atomic E-state index is 13.3. The topological polar surface area (TPSA) is 82.9 Å². The van der Waals surface area contributed by atoms with E-state index in [2.05, 4.69) is 62.1 Å². The predicted molar refractivity (Wildman–Crippen MR) is 128 cm³/mol. The van der Waals surface area contributed by atoms with E-state index in [1.165, 1.54) is 23.8 Å². The number of amides is 1. The van der Waals surface area contributed by atoms with Gasteiger partial charge in [0, 0.05) is 36.6 Å². The van der Waals surface area contributed by atoms with Crippen LogP contribution in [0.2, 0.25) is 0 Å². The highest BCUT2D eigenvalue weighted by Crippen LogP contribution is 2.40. The Labute approximate surface area is 195 Å². The van der Waals surface area contributed by atoms with E-state index < -0.39 is 0 Å². The number of hydrogen-bond donors (Lipinski definition) is 1. The second-order valence-electron chi connectivity index (χ2n) is 9.51. The summed E-state index contributed by atoms with van der Waals surface area (Å²) in [7, 11) is 0. The Morgan fingerprint density at radius 1 is 1.21 bits per heavy atom. The van der Waals surface area contributed by atoms with Crippen LogP contribution in [0.15, 0.2) is 30.5 Å². The minimum Gasteiger partial charge on any atom is -0.361 e. The molecule has 1 aliphatic carbocycles. The Balaban J connectivity index is 1.35. The summed E-state index contributed by atoms with van der Waals surface area (Å²) in [6, 6.07) is 8.66. The number of carbonyl (C=O) groups excluding carboxylic acids is 1. The van der Waals surface area contributed by atoms with Gasteiger partial charge in [0.2, 0.25) is 5.91 Å². The number of fused-ring (bicyclic) bond motifs is 1. The van der Waals surface area contributed by atoms with E-state index in [-0.39, 0.29) is 11.4 Å². The molecule has 8 heteroatoms. The van der Waals surface area contributed by atoms with Crippen molar-refractivity contribution in [3.05, 3.63) is 41.9 Å². The molecule has 1 saturated heterocycles. The van der Waals surface area contributed by atoms with Crippen LogP contribution in [0.5, 0.6) is 0 Å². The quantitative estimate of drug-likeness (QED) is 0.567. The lowest BCUT2D eigenvalue weighted by Gasteiger charge is -2.39. The summed E-state index contributed by atoms with van der Waals surface area (Å²) in [5.41, 5.74) is 2.02. The van der Waals surface area contributed by atoms with E-state index >= 15 is 0 Å². The highest BCUT2D eigenvalue weighted by Gasteiger charge is 2.49. The Bertz CT molecular complexity index is 1100. The number of rotatable bonds is 8. The van der Waals surface area contributed by atoms with Crippen LogP contribution in [0.1, 0.15) is 69.8 Å². The molecular formula is C25H35N7O. The van der Waals surface area contributed by atoms with Gasteiger partial charge in [-0.1, -0.05) is 44.9 Å². The minimum atomic E-state index is -0.313. The molecule has 1 unspecified atom stereocenters. The molecule has 176 valence electrons. The molecule has 0 bridgehead atoms. The van der Waals surface area contributed by atoms with Crippen molar-refractivity contribution in [1.82, 2.24) is 35.0 Å². The van der Waals surface area contributed by atoms with Crippen molar-refractivity contribution in [2.24, 2.45) is 0 Å². The number of nitrogens with zero attached hydrogens (tertiary/aromatic N) is 6. The number of para-hydroxylation sites is 1. The average molecular weight is 450 g/mol. The van der Waals surface area contributed by atoms with Gasteiger partial charge in [0.1, 0.15) is 5.54 Å². The minimum absolute atomic E-state index is 0.217. The maximum Gasteiger partial charge on any atom is 0.222 e. The zero-order valence-corrected chi connectivity index (χ0v) is 19.8. The van der Waals surface area contributed by atoms with E-state index in [4.69, 9.17) is 0 Å². The van der Waals surface area contributed by atoms with Crippen molar-refractivity contribution in [3.63, 3.8) is 0 Å². The number of likely N-dealkylation sites (N-methyl/N-ethyl adjacent to an activating group) is 1. The first kappa shape index (κ1) is 22.1. The highest BCUT2D eigenvalue weighted by atomic mass is 16.2. The molecule has 1 atom stereocenters. The third-order valence-corrected chi connectivity index (χ3v) is 7.83. The van der Waals surface area contributed by atoms with Crippen molar-refractivity contribution < 1.29 is 4.79 Å². The monoisotopic (exact) mass is 449 g/mol. The number of aromatic amines is 1. The van der Waals surface area contributed by atoms with Crippen molar-refractivity contribution >= 4 is 16.8 Å². The van der Waals surface area contributed by atoms with Gasteiger partial charge in [-0.2, -0.15) is 0 Å². The molecule has 1 aromatic carbocycles.